The van der Waals surface area contributed by atoms with Crippen LogP contribution >= 0.6 is 0 Å². The topological polar surface area (TPSA) is 9.23 Å². The maximum Gasteiger partial charge on any atom is 0.218 e. The van der Waals surface area contributed by atoms with Crippen molar-refractivity contribution in [3.8, 4) is 0 Å². The number of unbranched alkanes of at least 4 members (excludes halogenated alkanes) is 3. The van der Waals surface area contributed by atoms with E-state index in [-0.39, 0.29) is 0 Å². The Bertz CT molecular complexity index is 772. The predicted octanol–water partition coefficient (Wildman–Crippen LogP) is 7.90. The molecule has 4 aliphatic rings. The van der Waals surface area contributed by atoms with Crippen molar-refractivity contribution in [2.75, 3.05) is 6.61 Å². The van der Waals surface area contributed by atoms with Gasteiger partial charge in [0.2, 0.25) is 8.32 Å². The second-order valence-corrected chi connectivity index (χ2v) is 17.1. The first kappa shape index (κ1) is 24.1. The van der Waals surface area contributed by atoms with E-state index >= 15 is 0 Å². The summed E-state index contributed by atoms with van der Waals surface area (Å²) in [6.07, 6.45) is 13.4. The fourth-order valence-corrected chi connectivity index (χ4v) is 11.4. The van der Waals surface area contributed by atoms with Crippen LogP contribution in [-0.2, 0) is 4.43 Å². The summed E-state index contributed by atoms with van der Waals surface area (Å²) in [7, 11) is -1.79. The van der Waals surface area contributed by atoms with Gasteiger partial charge in [-0.1, -0.05) is 83.2 Å². The first-order valence-corrected chi connectivity index (χ1v) is 17.5. The number of fused-ring (bicyclic) bond motifs is 4. The van der Waals surface area contributed by atoms with Crippen LogP contribution < -0.4 is 5.19 Å². The van der Waals surface area contributed by atoms with Gasteiger partial charge in [-0.05, 0) is 103 Å². The van der Waals surface area contributed by atoms with Gasteiger partial charge in [0.15, 0.2) is 0 Å². The highest BCUT2D eigenvalue weighted by Gasteiger charge is 2.60. The zero-order valence-electron chi connectivity index (χ0n) is 22.1. The van der Waals surface area contributed by atoms with Crippen LogP contribution in [-0.4, -0.2) is 14.9 Å². The lowest BCUT2D eigenvalue weighted by atomic mass is 9.60. The molecule has 0 amide bonds. The third-order valence-electron chi connectivity index (χ3n) is 11.2. The summed E-state index contributed by atoms with van der Waals surface area (Å²) in [6, 6.07) is 11.0. The third kappa shape index (κ3) is 4.53. The van der Waals surface area contributed by atoms with Gasteiger partial charge in [0.1, 0.15) is 0 Å². The van der Waals surface area contributed by atoms with Gasteiger partial charge in [0.25, 0.3) is 0 Å². The highest BCUT2D eigenvalue weighted by atomic mass is 28.4. The Kier molecular flexibility index (Phi) is 7.16. The van der Waals surface area contributed by atoms with Crippen LogP contribution in [0.25, 0.3) is 0 Å². The molecule has 2 heteroatoms. The number of rotatable bonds is 10. The molecule has 1 nitrogen and oxygen atoms in total. The van der Waals surface area contributed by atoms with Crippen LogP contribution in [0.3, 0.4) is 0 Å². The molecule has 0 aromatic heterocycles. The molecule has 33 heavy (non-hydrogen) atoms. The van der Waals surface area contributed by atoms with E-state index in [4.69, 9.17) is 4.43 Å². The fraction of sp³-hybridized carbons (Fsp3) is 0.806. The van der Waals surface area contributed by atoms with Gasteiger partial charge < -0.3 is 4.43 Å². The average Bonchev–Trinajstić information content (AvgIpc) is 3.56. The summed E-state index contributed by atoms with van der Waals surface area (Å²) in [5, 5.41) is 1.44. The van der Waals surface area contributed by atoms with Crippen LogP contribution in [0.1, 0.15) is 78.6 Å². The van der Waals surface area contributed by atoms with Crippen molar-refractivity contribution in [2.45, 2.75) is 91.7 Å². The molecule has 4 saturated carbocycles. The number of hydrogen-bond acceptors (Lipinski definition) is 1. The van der Waals surface area contributed by atoms with E-state index in [1.807, 2.05) is 0 Å². The van der Waals surface area contributed by atoms with Crippen molar-refractivity contribution >= 4 is 13.5 Å². The summed E-state index contributed by atoms with van der Waals surface area (Å²) in [5.74, 6) is 9.90. The maximum absolute atomic E-state index is 6.75. The monoisotopic (exact) mass is 466 g/mol. The minimum atomic E-state index is -1.79. The molecule has 0 radical (unpaired) electrons. The summed E-state index contributed by atoms with van der Waals surface area (Å²) in [5.41, 5.74) is 0. The van der Waals surface area contributed by atoms with Gasteiger partial charge in [0.05, 0.1) is 0 Å². The molecule has 0 spiro atoms. The third-order valence-corrected chi connectivity index (χ3v) is 13.9. The van der Waals surface area contributed by atoms with Gasteiger partial charge >= 0.3 is 0 Å². The summed E-state index contributed by atoms with van der Waals surface area (Å²) in [4.78, 5) is 0. The molecule has 5 rings (SSSR count). The molecule has 1 aromatic rings. The highest BCUT2D eigenvalue weighted by molar-refractivity contribution is 6.84. The summed E-state index contributed by atoms with van der Waals surface area (Å²) in [6.45, 7) is 13.4. The molecule has 0 aliphatic heterocycles. The van der Waals surface area contributed by atoms with E-state index < -0.39 is 8.32 Å². The Morgan fingerprint density at radius 2 is 1.52 bits per heavy atom. The lowest BCUT2D eigenvalue weighted by molar-refractivity contribution is 0.0253. The minimum Gasteiger partial charge on any atom is -0.413 e. The van der Waals surface area contributed by atoms with E-state index in [1.165, 1.54) is 50.1 Å². The van der Waals surface area contributed by atoms with Gasteiger partial charge in [-0.2, -0.15) is 0 Å². The Morgan fingerprint density at radius 1 is 0.788 bits per heavy atom. The van der Waals surface area contributed by atoms with Crippen molar-refractivity contribution in [3.05, 3.63) is 30.3 Å². The van der Waals surface area contributed by atoms with Crippen molar-refractivity contribution in [2.24, 2.45) is 59.2 Å². The molecular weight excluding hydrogens is 416 g/mol. The minimum absolute atomic E-state index is 0.815. The smallest absolute Gasteiger partial charge is 0.218 e. The Balaban J connectivity index is 1.19. The zero-order chi connectivity index (χ0) is 23.2. The molecule has 1 aromatic carbocycles. The highest BCUT2D eigenvalue weighted by Crippen LogP contribution is 2.66. The van der Waals surface area contributed by atoms with Crippen molar-refractivity contribution in [1.82, 2.24) is 0 Å². The summed E-state index contributed by atoms with van der Waals surface area (Å²) < 4.78 is 6.75. The van der Waals surface area contributed by atoms with Gasteiger partial charge in [-0.15, -0.1) is 0 Å². The van der Waals surface area contributed by atoms with E-state index in [9.17, 15) is 0 Å². The first-order valence-electron chi connectivity index (χ1n) is 14.6. The molecule has 10 atom stereocenters. The molecule has 4 aliphatic carbocycles. The van der Waals surface area contributed by atoms with Crippen LogP contribution in [0, 0.1) is 59.2 Å². The molecule has 4 bridgehead atoms. The molecule has 10 unspecified atom stereocenters. The molecule has 0 heterocycles. The predicted molar refractivity (Wildman–Crippen MR) is 143 cm³/mol. The van der Waals surface area contributed by atoms with Crippen molar-refractivity contribution in [1.29, 1.82) is 0 Å². The Hall–Kier alpha value is -0.603. The number of hydrogen-bond donors (Lipinski definition) is 0. The molecule has 0 N–H and O–H groups in total. The largest absolute Gasteiger partial charge is 0.413 e. The van der Waals surface area contributed by atoms with Gasteiger partial charge in [-0.25, -0.2) is 0 Å². The molecule has 4 fully saturated rings. The van der Waals surface area contributed by atoms with Crippen molar-refractivity contribution < 1.29 is 4.43 Å². The van der Waals surface area contributed by atoms with E-state index in [2.05, 4.69) is 64.2 Å². The van der Waals surface area contributed by atoms with Crippen LogP contribution in [0.15, 0.2) is 30.3 Å². The zero-order valence-corrected chi connectivity index (χ0v) is 23.1. The second kappa shape index (κ2) is 9.80. The van der Waals surface area contributed by atoms with Crippen LogP contribution in [0.5, 0.6) is 0 Å². The Morgan fingerprint density at radius 3 is 2.21 bits per heavy atom. The second-order valence-electron chi connectivity index (χ2n) is 13.2. The quantitative estimate of drug-likeness (QED) is 0.251. The van der Waals surface area contributed by atoms with Gasteiger partial charge in [-0.3, -0.25) is 0 Å². The van der Waals surface area contributed by atoms with Crippen LogP contribution in [0.2, 0.25) is 13.1 Å². The maximum atomic E-state index is 6.75. The lowest BCUT2D eigenvalue weighted by Crippen LogP contribution is -2.46. The standard InChI is InChI=1S/C31H50OSi/c1-6-7-8-10-13-23-16-24-18-29(23)31(21(24)2)30-22(3)28-19-25(30)17-26(28)20-32-33(4,5)27-14-11-9-12-15-27/h9,11-12,14-15,21-26,28-31H,6-8,10,13,16-20H2,1-5H3. The normalized spacial score (nSPS) is 41.8. The first-order chi connectivity index (χ1) is 15.9. The number of benzene rings is 1. The lowest BCUT2D eigenvalue weighted by Gasteiger charge is -2.45. The van der Waals surface area contributed by atoms with E-state index in [0.717, 1.165) is 65.8 Å². The van der Waals surface area contributed by atoms with E-state index in [0.29, 0.717) is 0 Å². The van der Waals surface area contributed by atoms with Gasteiger partial charge in [0, 0.05) is 6.61 Å². The average molecular weight is 467 g/mol. The summed E-state index contributed by atoms with van der Waals surface area (Å²) >= 11 is 0. The fourth-order valence-electron chi connectivity index (χ4n) is 9.58. The van der Waals surface area contributed by atoms with Crippen molar-refractivity contribution in [3.63, 3.8) is 0 Å². The van der Waals surface area contributed by atoms with Crippen LogP contribution in [0.4, 0.5) is 0 Å². The Labute approximate surface area is 205 Å². The molecular formula is C31H50OSi. The molecule has 0 saturated heterocycles. The SMILES string of the molecule is CCCCCCC1CC2CC1C(C1C3CC(CO[Si](C)(C)c4ccccc4)C(C3)C1C)C2C. The molecule has 184 valence electrons. The van der Waals surface area contributed by atoms with E-state index in [1.54, 1.807) is 12.8 Å².